The van der Waals surface area contributed by atoms with Gasteiger partial charge < -0.3 is 10.3 Å². The van der Waals surface area contributed by atoms with Crippen molar-refractivity contribution in [3.63, 3.8) is 0 Å². The van der Waals surface area contributed by atoms with E-state index >= 15 is 0 Å². The van der Waals surface area contributed by atoms with Gasteiger partial charge in [-0.2, -0.15) is 0 Å². The Labute approximate surface area is 139 Å². The van der Waals surface area contributed by atoms with E-state index < -0.39 is 0 Å². The lowest BCUT2D eigenvalue weighted by Gasteiger charge is -2.07. The number of hydrogen-bond donors (Lipinski definition) is 1. The molecule has 2 aromatic carbocycles. The van der Waals surface area contributed by atoms with Crippen LogP contribution in [0.4, 0.5) is 5.88 Å². The van der Waals surface area contributed by atoms with Gasteiger partial charge in [0.25, 0.3) is 0 Å². The lowest BCUT2D eigenvalue weighted by molar-refractivity contribution is 0.439. The first kappa shape index (κ1) is 14.4. The first-order chi connectivity index (χ1) is 10.1. The Morgan fingerprint density at radius 3 is 2.57 bits per heavy atom. The third-order valence-electron chi connectivity index (χ3n) is 3.29. The van der Waals surface area contributed by atoms with Gasteiger partial charge in [0.1, 0.15) is 5.69 Å². The maximum absolute atomic E-state index is 5.99. The molecule has 0 fully saturated rings. The van der Waals surface area contributed by atoms with Crippen LogP contribution >= 0.6 is 31.9 Å². The third kappa shape index (κ3) is 2.76. The first-order valence-electron chi connectivity index (χ1n) is 6.34. The number of hydrogen-bond acceptors (Lipinski definition) is 3. The number of aryl methyl sites for hydroxylation is 1. The standard InChI is InChI=1S/C16H12Br2N2O/c1-9-5-6-12(18)8-13(9)15-14(16(19)21-20-15)10-3-2-4-11(17)7-10/h2-8H,19H2,1H3. The molecule has 5 heteroatoms. The molecule has 0 amide bonds. The summed E-state index contributed by atoms with van der Waals surface area (Å²) < 4.78 is 7.21. The lowest BCUT2D eigenvalue weighted by atomic mass is 9.98. The zero-order chi connectivity index (χ0) is 15.0. The summed E-state index contributed by atoms with van der Waals surface area (Å²) in [5.74, 6) is 0.322. The molecule has 0 aliphatic rings. The van der Waals surface area contributed by atoms with E-state index in [9.17, 15) is 0 Å². The number of aromatic nitrogens is 1. The van der Waals surface area contributed by atoms with Gasteiger partial charge in [0.15, 0.2) is 0 Å². The Hall–Kier alpha value is -1.59. The van der Waals surface area contributed by atoms with E-state index in [1.165, 1.54) is 0 Å². The molecular formula is C16H12Br2N2O. The summed E-state index contributed by atoms with van der Waals surface area (Å²) in [5, 5.41) is 4.16. The Balaban J connectivity index is 2.24. The zero-order valence-electron chi connectivity index (χ0n) is 11.2. The fourth-order valence-electron chi connectivity index (χ4n) is 2.26. The average molecular weight is 408 g/mol. The molecule has 0 atom stereocenters. The van der Waals surface area contributed by atoms with Gasteiger partial charge in [-0.05, 0) is 42.3 Å². The van der Waals surface area contributed by atoms with Crippen LogP contribution < -0.4 is 5.73 Å². The van der Waals surface area contributed by atoms with Gasteiger partial charge in [-0.3, -0.25) is 0 Å². The molecule has 0 radical (unpaired) electrons. The van der Waals surface area contributed by atoms with Crippen molar-refractivity contribution in [2.75, 3.05) is 5.73 Å². The molecular weight excluding hydrogens is 396 g/mol. The highest BCUT2D eigenvalue weighted by molar-refractivity contribution is 9.10. The van der Waals surface area contributed by atoms with Crippen molar-refractivity contribution in [2.45, 2.75) is 6.92 Å². The molecule has 0 unspecified atom stereocenters. The highest BCUT2D eigenvalue weighted by Crippen LogP contribution is 2.38. The lowest BCUT2D eigenvalue weighted by Crippen LogP contribution is -1.90. The molecule has 106 valence electrons. The monoisotopic (exact) mass is 406 g/mol. The second-order valence-electron chi connectivity index (χ2n) is 4.74. The van der Waals surface area contributed by atoms with E-state index in [0.717, 1.165) is 36.9 Å². The van der Waals surface area contributed by atoms with Gasteiger partial charge in [0, 0.05) is 14.5 Å². The summed E-state index contributed by atoms with van der Waals surface area (Å²) in [6.45, 7) is 2.04. The van der Waals surface area contributed by atoms with Crippen LogP contribution in [0.15, 0.2) is 55.9 Å². The fraction of sp³-hybridized carbons (Fsp3) is 0.0625. The van der Waals surface area contributed by atoms with Gasteiger partial charge in [-0.1, -0.05) is 55.2 Å². The molecule has 0 saturated carbocycles. The molecule has 0 aliphatic heterocycles. The molecule has 3 nitrogen and oxygen atoms in total. The Morgan fingerprint density at radius 1 is 1.05 bits per heavy atom. The highest BCUT2D eigenvalue weighted by Gasteiger charge is 2.19. The van der Waals surface area contributed by atoms with Crippen molar-refractivity contribution in [2.24, 2.45) is 0 Å². The molecule has 3 aromatic rings. The molecule has 21 heavy (non-hydrogen) atoms. The van der Waals surface area contributed by atoms with E-state index in [1.807, 2.05) is 49.4 Å². The first-order valence-corrected chi connectivity index (χ1v) is 7.92. The molecule has 0 saturated heterocycles. The van der Waals surface area contributed by atoms with Gasteiger partial charge in [0.05, 0.1) is 5.56 Å². The number of nitrogens with two attached hydrogens (primary N) is 1. The van der Waals surface area contributed by atoms with Crippen LogP contribution in [0.2, 0.25) is 0 Å². The van der Waals surface area contributed by atoms with Crippen LogP contribution in [0.1, 0.15) is 5.56 Å². The van der Waals surface area contributed by atoms with Crippen molar-refractivity contribution in [1.29, 1.82) is 0 Å². The van der Waals surface area contributed by atoms with E-state index in [0.29, 0.717) is 5.88 Å². The SMILES string of the molecule is Cc1ccc(Br)cc1-c1noc(N)c1-c1cccc(Br)c1. The van der Waals surface area contributed by atoms with Crippen LogP contribution in [-0.2, 0) is 0 Å². The molecule has 3 rings (SSSR count). The normalized spacial score (nSPS) is 10.8. The molecule has 1 heterocycles. The van der Waals surface area contributed by atoms with Crippen molar-refractivity contribution < 1.29 is 4.52 Å². The minimum absolute atomic E-state index is 0.322. The van der Waals surface area contributed by atoms with E-state index in [2.05, 4.69) is 37.0 Å². The van der Waals surface area contributed by atoms with Crippen molar-refractivity contribution in [1.82, 2.24) is 5.16 Å². The number of nitrogen functional groups attached to an aromatic ring is 1. The number of rotatable bonds is 2. The van der Waals surface area contributed by atoms with E-state index in [4.69, 9.17) is 10.3 Å². The average Bonchev–Trinajstić information content (AvgIpc) is 2.83. The number of nitrogens with zero attached hydrogens (tertiary/aromatic N) is 1. The maximum Gasteiger partial charge on any atom is 0.230 e. The van der Waals surface area contributed by atoms with Crippen molar-refractivity contribution >= 4 is 37.7 Å². The van der Waals surface area contributed by atoms with Crippen LogP contribution in [0.25, 0.3) is 22.4 Å². The van der Waals surface area contributed by atoms with Crippen LogP contribution in [0.3, 0.4) is 0 Å². The summed E-state index contributed by atoms with van der Waals surface area (Å²) in [6, 6.07) is 14.0. The molecule has 0 aliphatic carbocycles. The van der Waals surface area contributed by atoms with Crippen LogP contribution in [-0.4, -0.2) is 5.16 Å². The van der Waals surface area contributed by atoms with Gasteiger partial charge in [-0.15, -0.1) is 0 Å². The van der Waals surface area contributed by atoms with Crippen LogP contribution in [0.5, 0.6) is 0 Å². The highest BCUT2D eigenvalue weighted by atomic mass is 79.9. The molecule has 0 spiro atoms. The Morgan fingerprint density at radius 2 is 1.81 bits per heavy atom. The maximum atomic E-state index is 5.99. The minimum atomic E-state index is 0.322. The molecule has 2 N–H and O–H groups in total. The Bertz CT molecular complexity index is 812. The summed E-state index contributed by atoms with van der Waals surface area (Å²) >= 11 is 6.98. The Kier molecular flexibility index (Phi) is 3.87. The predicted molar refractivity (Wildman–Crippen MR) is 91.9 cm³/mol. The molecule has 0 bridgehead atoms. The summed E-state index contributed by atoms with van der Waals surface area (Å²) in [7, 11) is 0. The number of benzene rings is 2. The van der Waals surface area contributed by atoms with Crippen molar-refractivity contribution in [3.8, 4) is 22.4 Å². The van der Waals surface area contributed by atoms with Crippen LogP contribution in [0, 0.1) is 6.92 Å². The van der Waals surface area contributed by atoms with Gasteiger partial charge in [-0.25, -0.2) is 0 Å². The number of halogens is 2. The second-order valence-corrected chi connectivity index (χ2v) is 6.57. The largest absolute Gasteiger partial charge is 0.367 e. The minimum Gasteiger partial charge on any atom is -0.367 e. The molecule has 1 aromatic heterocycles. The third-order valence-corrected chi connectivity index (χ3v) is 4.27. The number of anilines is 1. The predicted octanol–water partition coefficient (Wildman–Crippen LogP) is 5.42. The topological polar surface area (TPSA) is 52.0 Å². The van der Waals surface area contributed by atoms with Gasteiger partial charge >= 0.3 is 0 Å². The summed E-state index contributed by atoms with van der Waals surface area (Å²) in [4.78, 5) is 0. The fourth-order valence-corrected chi connectivity index (χ4v) is 3.02. The smallest absolute Gasteiger partial charge is 0.230 e. The summed E-state index contributed by atoms with van der Waals surface area (Å²) in [5.41, 5.74) is 10.6. The quantitative estimate of drug-likeness (QED) is 0.616. The second kappa shape index (κ2) is 5.66. The van der Waals surface area contributed by atoms with Gasteiger partial charge in [0.2, 0.25) is 5.88 Å². The summed E-state index contributed by atoms with van der Waals surface area (Å²) in [6.07, 6.45) is 0. The van der Waals surface area contributed by atoms with E-state index in [1.54, 1.807) is 0 Å². The zero-order valence-corrected chi connectivity index (χ0v) is 14.4. The van der Waals surface area contributed by atoms with E-state index in [-0.39, 0.29) is 0 Å². The van der Waals surface area contributed by atoms with Crippen molar-refractivity contribution in [3.05, 3.63) is 57.0 Å².